The van der Waals surface area contributed by atoms with Crippen LogP contribution in [0.25, 0.3) is 22.3 Å². The van der Waals surface area contributed by atoms with E-state index in [9.17, 15) is 0 Å². The van der Waals surface area contributed by atoms with Crippen molar-refractivity contribution in [2.45, 2.75) is 51.9 Å². The van der Waals surface area contributed by atoms with Gasteiger partial charge in [0.1, 0.15) is 23.8 Å². The Bertz CT molecular complexity index is 1170. The van der Waals surface area contributed by atoms with Gasteiger partial charge in [0.2, 0.25) is 0 Å². The van der Waals surface area contributed by atoms with Crippen LogP contribution < -0.4 is 10.2 Å². The number of ether oxygens (including phenoxy) is 2. The van der Waals surface area contributed by atoms with Crippen molar-refractivity contribution in [3.63, 3.8) is 0 Å². The van der Waals surface area contributed by atoms with E-state index >= 15 is 0 Å². The van der Waals surface area contributed by atoms with Gasteiger partial charge in [0.25, 0.3) is 0 Å². The number of nitrogens with zero attached hydrogens (tertiary/aromatic N) is 3. The van der Waals surface area contributed by atoms with Crippen LogP contribution in [0.1, 0.15) is 13.8 Å². The first-order valence-electron chi connectivity index (χ1n) is 11.2. The van der Waals surface area contributed by atoms with Crippen molar-refractivity contribution in [3.8, 4) is 17.0 Å². The summed E-state index contributed by atoms with van der Waals surface area (Å²) in [7, 11) is -0.0726. The van der Waals surface area contributed by atoms with Gasteiger partial charge in [-0.15, -0.1) is 0 Å². The second-order valence-electron chi connectivity index (χ2n) is 10.0. The Labute approximate surface area is 196 Å². The molecule has 0 unspecified atom stereocenters. The molecule has 0 N–H and O–H groups in total. The summed E-state index contributed by atoms with van der Waals surface area (Å²) < 4.78 is 25.4. The van der Waals surface area contributed by atoms with E-state index in [1.807, 2.05) is 48.9 Å². The lowest BCUT2D eigenvalue weighted by Crippen LogP contribution is -2.34. The molecule has 1 aromatic carbocycles. The third kappa shape index (κ3) is 5.00. The molecule has 1 aliphatic heterocycles. The van der Waals surface area contributed by atoms with Gasteiger partial charge in [-0.3, -0.25) is 0 Å². The number of hydrogen-bond donors (Lipinski definition) is 0. The minimum Gasteiger partial charge on any atom is -0.534 e. The van der Waals surface area contributed by atoms with Crippen molar-refractivity contribution in [2.75, 3.05) is 13.7 Å². The zero-order chi connectivity index (χ0) is 23.8. The van der Waals surface area contributed by atoms with E-state index in [0.29, 0.717) is 19.1 Å². The lowest BCUT2D eigenvalue weighted by atomic mass is 9.80. The van der Waals surface area contributed by atoms with Gasteiger partial charge in [0, 0.05) is 37.3 Å². The quantitative estimate of drug-likeness (QED) is 0.362. The first kappa shape index (κ1) is 23.5. The second kappa shape index (κ2) is 8.96. The highest BCUT2D eigenvalue weighted by Crippen LogP contribution is 2.34. The average Bonchev–Trinajstić information content (AvgIpc) is 3.26. The monoisotopic (exact) mass is 465 g/mol. The molecule has 0 bridgehead atoms. The van der Waals surface area contributed by atoms with Crippen LogP contribution in [0.5, 0.6) is 5.75 Å². The number of para-hydroxylation sites is 1. The zero-order valence-corrected chi connectivity index (χ0v) is 21.3. The first-order chi connectivity index (χ1) is 15.6. The lowest BCUT2D eigenvalue weighted by molar-refractivity contribution is 0.0814. The Morgan fingerprint density at radius 2 is 1.97 bits per heavy atom. The Hall–Kier alpha value is -2.62. The van der Waals surface area contributed by atoms with Crippen LogP contribution in [0.4, 0.5) is 0 Å². The third-order valence-electron chi connectivity index (χ3n) is 5.77. The smallest absolute Gasteiger partial charge is 0.534 e. The number of fused-ring (bicyclic) bond motifs is 1. The predicted molar refractivity (Wildman–Crippen MR) is 134 cm³/mol. The summed E-state index contributed by atoms with van der Waals surface area (Å²) >= 11 is 0. The summed E-state index contributed by atoms with van der Waals surface area (Å²) in [4.78, 5) is 4.73. The van der Waals surface area contributed by atoms with Crippen molar-refractivity contribution in [3.05, 3.63) is 48.9 Å². The van der Waals surface area contributed by atoms with Gasteiger partial charge >= 0.3 is 7.12 Å². The third-order valence-corrected chi connectivity index (χ3v) is 7.48. The van der Waals surface area contributed by atoms with E-state index in [1.54, 1.807) is 13.3 Å². The van der Waals surface area contributed by atoms with E-state index in [2.05, 4.69) is 26.2 Å². The molecule has 0 spiro atoms. The maximum absolute atomic E-state index is 6.07. The van der Waals surface area contributed by atoms with E-state index < -0.39 is 20.8 Å². The average molecular weight is 465 g/mol. The molecular weight excluding hydrogens is 433 g/mol. The van der Waals surface area contributed by atoms with Gasteiger partial charge in [-0.25, -0.2) is 9.67 Å². The molecule has 0 radical (unpaired) electrons. The molecule has 174 valence electrons. The van der Waals surface area contributed by atoms with Gasteiger partial charge < -0.3 is 18.8 Å². The Balaban J connectivity index is 1.73. The first-order valence-corrected chi connectivity index (χ1v) is 14.9. The molecule has 0 amide bonds. The molecule has 33 heavy (non-hydrogen) atoms. The molecule has 1 aliphatic rings. The van der Waals surface area contributed by atoms with Crippen LogP contribution in [0, 0.1) is 0 Å². The minimum absolute atomic E-state index is 0.336. The van der Waals surface area contributed by atoms with Crippen molar-refractivity contribution in [1.82, 2.24) is 14.8 Å². The fourth-order valence-electron chi connectivity index (χ4n) is 3.63. The van der Waals surface area contributed by atoms with Crippen LogP contribution in [0.2, 0.25) is 25.7 Å². The molecule has 4 rings (SSSR count). The minimum atomic E-state index is -1.17. The van der Waals surface area contributed by atoms with Crippen molar-refractivity contribution >= 4 is 31.7 Å². The van der Waals surface area contributed by atoms with Crippen LogP contribution >= 0.6 is 0 Å². The number of benzene rings is 1. The zero-order valence-electron chi connectivity index (χ0n) is 20.3. The van der Waals surface area contributed by atoms with Gasteiger partial charge in [-0.05, 0) is 38.1 Å². The molecule has 0 saturated carbocycles. The fraction of sp³-hybridized carbons (Fsp3) is 0.417. The Morgan fingerprint density at radius 3 is 2.64 bits per heavy atom. The summed E-state index contributed by atoms with van der Waals surface area (Å²) in [5.41, 5.74) is 2.66. The van der Waals surface area contributed by atoms with Gasteiger partial charge in [-0.2, -0.15) is 5.10 Å². The van der Waals surface area contributed by atoms with Crippen LogP contribution in [-0.4, -0.2) is 49.3 Å². The second-order valence-corrected chi connectivity index (χ2v) is 15.7. The fourth-order valence-corrected chi connectivity index (χ4v) is 4.38. The van der Waals surface area contributed by atoms with Gasteiger partial charge in [0.15, 0.2) is 5.65 Å². The molecule has 3 heterocycles. The molecule has 2 aromatic heterocycles. The summed E-state index contributed by atoms with van der Waals surface area (Å²) in [6, 6.07) is 11.0. The van der Waals surface area contributed by atoms with E-state index in [1.165, 1.54) is 0 Å². The molecule has 0 atom stereocenters. The predicted octanol–water partition coefficient (Wildman–Crippen LogP) is 4.45. The highest BCUT2D eigenvalue weighted by Gasteiger charge is 2.43. The largest absolute Gasteiger partial charge is 0.564 e. The van der Waals surface area contributed by atoms with Crippen LogP contribution in [0.3, 0.4) is 0 Å². The van der Waals surface area contributed by atoms with Crippen molar-refractivity contribution < 1.29 is 18.8 Å². The number of rotatable bonds is 8. The van der Waals surface area contributed by atoms with Crippen molar-refractivity contribution in [1.29, 1.82) is 0 Å². The summed E-state index contributed by atoms with van der Waals surface area (Å²) in [5.74, 6) is 1.35. The molecule has 1 fully saturated rings. The molecule has 9 heteroatoms. The standard InChI is InChI=1S/C24H32BN3O4Si/c1-17-24(2,3)32-25(31-17)18-14-20-22(19-10-8-9-11-21(19)29-4)27-28(23(20)26-15-18)16-30-12-13-33(5,6)7/h8-11,14-15H,1,12-13,16H2,2-7H3. The Morgan fingerprint density at radius 1 is 1.21 bits per heavy atom. The van der Waals surface area contributed by atoms with Crippen LogP contribution in [0.15, 0.2) is 48.9 Å². The Kier molecular flexibility index (Phi) is 6.39. The maximum atomic E-state index is 6.07. The van der Waals surface area contributed by atoms with E-state index in [4.69, 9.17) is 28.9 Å². The molecule has 1 saturated heterocycles. The van der Waals surface area contributed by atoms with E-state index in [-0.39, 0.29) is 0 Å². The number of aromatic nitrogens is 3. The molecule has 0 aliphatic carbocycles. The van der Waals surface area contributed by atoms with Crippen LogP contribution in [-0.2, 0) is 20.8 Å². The van der Waals surface area contributed by atoms with Gasteiger partial charge in [0.05, 0.1) is 12.9 Å². The SMILES string of the molecule is C=C1OB(c2cnc3c(c2)c(-c2ccccc2OC)nn3COCC[Si](C)(C)C)OC1(C)C. The summed E-state index contributed by atoms with van der Waals surface area (Å²) in [6.45, 7) is 15.9. The molecule has 3 aromatic rings. The van der Waals surface area contributed by atoms with E-state index in [0.717, 1.165) is 39.5 Å². The normalized spacial score (nSPS) is 15.8. The number of methoxy groups -OCH3 is 1. The topological polar surface area (TPSA) is 67.6 Å². The van der Waals surface area contributed by atoms with Crippen molar-refractivity contribution in [2.24, 2.45) is 0 Å². The highest BCUT2D eigenvalue weighted by molar-refractivity contribution is 6.76. The molecular formula is C24H32BN3O4Si. The lowest BCUT2D eigenvalue weighted by Gasteiger charge is -2.15. The number of pyridine rings is 1. The highest BCUT2D eigenvalue weighted by atomic mass is 28.3. The van der Waals surface area contributed by atoms with Gasteiger partial charge in [-0.1, -0.05) is 38.4 Å². The number of hydrogen-bond acceptors (Lipinski definition) is 6. The maximum Gasteiger partial charge on any atom is 0.564 e. The summed E-state index contributed by atoms with van der Waals surface area (Å²) in [6.07, 6.45) is 1.77. The summed E-state index contributed by atoms with van der Waals surface area (Å²) in [5, 5.41) is 5.76. The molecule has 7 nitrogen and oxygen atoms in total.